The van der Waals surface area contributed by atoms with Gasteiger partial charge in [-0.1, -0.05) is 12.1 Å². The minimum atomic E-state index is -1.10. The monoisotopic (exact) mass is 453 g/mol. The number of nitro groups is 1. The molecule has 1 heterocycles. The van der Waals surface area contributed by atoms with E-state index in [1.165, 1.54) is 31.2 Å². The van der Waals surface area contributed by atoms with Crippen molar-refractivity contribution in [1.29, 1.82) is 0 Å². The van der Waals surface area contributed by atoms with Crippen molar-refractivity contribution in [2.24, 2.45) is 16.6 Å². The molecule has 0 bridgehead atoms. The van der Waals surface area contributed by atoms with Crippen LogP contribution in [0.4, 0.5) is 10.5 Å². The number of ether oxygens (including phenoxy) is 3. The molecule has 0 fully saturated rings. The number of carbonyl (C=O) groups is 3. The molecule has 2 unspecified atom stereocenters. The van der Waals surface area contributed by atoms with Crippen molar-refractivity contribution in [2.45, 2.75) is 12.8 Å². The molecule has 0 aliphatic carbocycles. The Bertz CT molecular complexity index is 959. The van der Waals surface area contributed by atoms with Crippen LogP contribution < -0.4 is 5.73 Å². The lowest BCUT2D eigenvalue weighted by molar-refractivity contribution is -0.384. The molecule has 0 saturated heterocycles. The topological polar surface area (TPSA) is 160 Å². The number of alkyl halides is 1. The maximum atomic E-state index is 12.8. The van der Waals surface area contributed by atoms with E-state index < -0.39 is 41.4 Å². The molecule has 1 aliphatic heterocycles. The third-order valence-corrected chi connectivity index (χ3v) is 4.64. The van der Waals surface area contributed by atoms with Crippen LogP contribution in [0, 0.1) is 16.0 Å². The van der Waals surface area contributed by atoms with E-state index in [9.17, 15) is 24.5 Å². The largest absolute Gasteiger partial charge is 0.466 e. The van der Waals surface area contributed by atoms with Crippen LogP contribution in [0.3, 0.4) is 0 Å². The molecule has 1 amide bonds. The van der Waals surface area contributed by atoms with E-state index in [-0.39, 0.29) is 40.7 Å². The number of nitrogens with two attached hydrogens (primary N) is 1. The van der Waals surface area contributed by atoms with Gasteiger partial charge in [0.2, 0.25) is 0 Å². The summed E-state index contributed by atoms with van der Waals surface area (Å²) in [7, 11) is 1.12. The van der Waals surface area contributed by atoms with Crippen molar-refractivity contribution in [2.75, 3.05) is 26.2 Å². The van der Waals surface area contributed by atoms with E-state index in [1.54, 1.807) is 0 Å². The number of esters is 2. The number of primary amides is 1. The number of hydrogen-bond acceptors (Lipinski definition) is 9. The van der Waals surface area contributed by atoms with Gasteiger partial charge in [-0.2, -0.15) is 0 Å². The molecule has 0 saturated carbocycles. The van der Waals surface area contributed by atoms with Gasteiger partial charge in [0.05, 0.1) is 29.2 Å². The number of nitro benzene ring substituents is 1. The molecule has 31 heavy (non-hydrogen) atoms. The Balaban J connectivity index is 2.71. The van der Waals surface area contributed by atoms with Gasteiger partial charge >= 0.3 is 18.0 Å². The van der Waals surface area contributed by atoms with E-state index in [1.807, 2.05) is 0 Å². The second-order valence-corrected chi connectivity index (χ2v) is 6.75. The highest BCUT2D eigenvalue weighted by atomic mass is 35.5. The summed E-state index contributed by atoms with van der Waals surface area (Å²) < 4.78 is 14.8. The fourth-order valence-corrected chi connectivity index (χ4v) is 3.34. The standard InChI is InChI=1S/C19H20ClN3O8/c1-10-14(18(25)30-7-6-20)15(11-4-3-5-12(8-11)23(27)28)16(17(24)29-2)13(22-10)9-31-19(21)26/h3-5,8,14-15H,6-7,9H2,1-2H3,(H2,21,26). The Morgan fingerprint density at radius 2 is 2.00 bits per heavy atom. The summed E-state index contributed by atoms with van der Waals surface area (Å²) in [6.45, 7) is 0.974. The number of amides is 1. The fourth-order valence-electron chi connectivity index (χ4n) is 3.26. The maximum Gasteiger partial charge on any atom is 0.404 e. The van der Waals surface area contributed by atoms with Crippen molar-refractivity contribution in [3.63, 3.8) is 0 Å². The number of methoxy groups -OCH3 is 1. The Morgan fingerprint density at radius 1 is 1.29 bits per heavy atom. The molecule has 12 heteroatoms. The number of aliphatic imine (C=N–C) groups is 1. The zero-order valence-electron chi connectivity index (χ0n) is 16.7. The van der Waals surface area contributed by atoms with Crippen LogP contribution in [-0.2, 0) is 23.8 Å². The molecular formula is C19H20ClN3O8. The predicted octanol–water partition coefficient (Wildman–Crippen LogP) is 2.07. The quantitative estimate of drug-likeness (QED) is 0.206. The number of non-ortho nitro benzene ring substituents is 1. The van der Waals surface area contributed by atoms with Crippen LogP contribution in [0.15, 0.2) is 40.5 Å². The van der Waals surface area contributed by atoms with Gasteiger partial charge in [-0.15, -0.1) is 11.6 Å². The maximum absolute atomic E-state index is 12.8. The summed E-state index contributed by atoms with van der Waals surface area (Å²) in [5.74, 6) is -3.69. The van der Waals surface area contributed by atoms with Crippen LogP contribution in [0.2, 0.25) is 0 Å². The molecule has 2 N–H and O–H groups in total. The summed E-state index contributed by atoms with van der Waals surface area (Å²) in [4.78, 5) is 51.5. The van der Waals surface area contributed by atoms with Gasteiger partial charge in [0.1, 0.15) is 19.1 Å². The van der Waals surface area contributed by atoms with E-state index in [4.69, 9.17) is 31.5 Å². The van der Waals surface area contributed by atoms with E-state index in [2.05, 4.69) is 4.99 Å². The van der Waals surface area contributed by atoms with Crippen LogP contribution >= 0.6 is 11.6 Å². The van der Waals surface area contributed by atoms with Gasteiger partial charge in [0, 0.05) is 23.8 Å². The third kappa shape index (κ3) is 5.57. The Morgan fingerprint density at radius 3 is 2.58 bits per heavy atom. The SMILES string of the molecule is COC(=O)C1=C(COC(N)=O)N=C(C)C(C(=O)OCCCl)C1c1cccc([N+](=O)[O-])c1. The zero-order valence-corrected chi connectivity index (χ0v) is 17.5. The molecule has 11 nitrogen and oxygen atoms in total. The minimum absolute atomic E-state index is 0.000972. The molecule has 0 radical (unpaired) electrons. The highest BCUT2D eigenvalue weighted by Crippen LogP contribution is 2.41. The van der Waals surface area contributed by atoms with Crippen molar-refractivity contribution in [3.8, 4) is 0 Å². The summed E-state index contributed by atoms with van der Waals surface area (Å²) in [6, 6.07) is 5.45. The van der Waals surface area contributed by atoms with Crippen molar-refractivity contribution >= 4 is 41.0 Å². The molecule has 1 aliphatic rings. The molecule has 166 valence electrons. The average Bonchev–Trinajstić information content (AvgIpc) is 2.74. The Hall–Kier alpha value is -3.47. The van der Waals surface area contributed by atoms with Crippen LogP contribution in [0.1, 0.15) is 18.4 Å². The van der Waals surface area contributed by atoms with Crippen molar-refractivity contribution in [1.82, 2.24) is 0 Å². The lowest BCUT2D eigenvalue weighted by Crippen LogP contribution is -2.37. The third-order valence-electron chi connectivity index (χ3n) is 4.49. The summed E-state index contributed by atoms with van der Waals surface area (Å²) in [5.41, 5.74) is 5.18. The first-order chi connectivity index (χ1) is 14.7. The number of halogens is 1. The van der Waals surface area contributed by atoms with E-state index in [0.717, 1.165) is 7.11 Å². The predicted molar refractivity (Wildman–Crippen MR) is 109 cm³/mol. The molecule has 1 aromatic rings. The fraction of sp³-hybridized carbons (Fsp3) is 0.368. The van der Waals surface area contributed by atoms with Crippen LogP contribution in [0.25, 0.3) is 0 Å². The second kappa shape index (κ2) is 10.5. The minimum Gasteiger partial charge on any atom is -0.466 e. The normalized spacial score (nSPS) is 18.1. The molecule has 1 aromatic carbocycles. The number of hydrogen-bond donors (Lipinski definition) is 1. The van der Waals surface area contributed by atoms with Gasteiger partial charge < -0.3 is 19.9 Å². The molecule has 0 aromatic heterocycles. The molecule has 0 spiro atoms. The summed E-state index contributed by atoms with van der Waals surface area (Å²) in [6.07, 6.45) is -1.10. The van der Waals surface area contributed by atoms with Gasteiger partial charge in [-0.05, 0) is 12.5 Å². The van der Waals surface area contributed by atoms with Gasteiger partial charge in [0.25, 0.3) is 5.69 Å². The molecular weight excluding hydrogens is 434 g/mol. The lowest BCUT2D eigenvalue weighted by atomic mass is 9.75. The van der Waals surface area contributed by atoms with Gasteiger partial charge in [-0.3, -0.25) is 19.9 Å². The number of carbonyl (C=O) groups excluding carboxylic acids is 3. The summed E-state index contributed by atoms with van der Waals surface area (Å²) in [5, 5.41) is 11.3. The van der Waals surface area contributed by atoms with Crippen molar-refractivity contribution < 1.29 is 33.5 Å². The first-order valence-electron chi connectivity index (χ1n) is 8.97. The van der Waals surface area contributed by atoms with E-state index >= 15 is 0 Å². The number of nitrogens with zero attached hydrogens (tertiary/aromatic N) is 2. The first-order valence-corrected chi connectivity index (χ1v) is 9.50. The Labute approximate surface area is 181 Å². The number of benzene rings is 1. The molecule has 2 atom stereocenters. The zero-order chi connectivity index (χ0) is 23.1. The summed E-state index contributed by atoms with van der Waals surface area (Å²) >= 11 is 5.60. The molecule has 2 rings (SSSR count). The van der Waals surface area contributed by atoms with Crippen LogP contribution in [0.5, 0.6) is 0 Å². The smallest absolute Gasteiger partial charge is 0.404 e. The van der Waals surface area contributed by atoms with E-state index in [0.29, 0.717) is 0 Å². The lowest BCUT2D eigenvalue weighted by Gasteiger charge is -2.31. The van der Waals surface area contributed by atoms with Crippen LogP contribution in [-0.4, -0.2) is 54.9 Å². The number of rotatable bonds is 8. The highest BCUT2D eigenvalue weighted by Gasteiger charge is 2.43. The van der Waals surface area contributed by atoms with Gasteiger partial charge in [-0.25, -0.2) is 9.59 Å². The average molecular weight is 454 g/mol. The van der Waals surface area contributed by atoms with Gasteiger partial charge in [0.15, 0.2) is 0 Å². The van der Waals surface area contributed by atoms with Crippen molar-refractivity contribution in [3.05, 3.63) is 51.2 Å². The first kappa shape index (κ1) is 23.8. The highest BCUT2D eigenvalue weighted by molar-refractivity contribution is 6.18. The Kier molecular flexibility index (Phi) is 8.08. The second-order valence-electron chi connectivity index (χ2n) is 6.38.